The lowest BCUT2D eigenvalue weighted by Crippen LogP contribution is -2.33. The van der Waals surface area contributed by atoms with Crippen LogP contribution in [0.4, 0.5) is 5.82 Å². The van der Waals surface area contributed by atoms with E-state index in [2.05, 4.69) is 53.4 Å². The second kappa shape index (κ2) is 12.1. The van der Waals surface area contributed by atoms with Gasteiger partial charge >= 0.3 is 7.60 Å². The van der Waals surface area contributed by atoms with E-state index in [0.717, 1.165) is 16.7 Å². The summed E-state index contributed by atoms with van der Waals surface area (Å²) >= 11 is 0. The average Bonchev–Trinajstić information content (AvgIpc) is 3.42. The second-order valence-electron chi connectivity index (χ2n) is 9.36. The molecule has 5 rings (SSSR count). The molecule has 0 aliphatic rings. The molecule has 0 fully saturated rings. The van der Waals surface area contributed by atoms with Gasteiger partial charge in [-0.05, 0) is 16.7 Å². The first-order valence-corrected chi connectivity index (χ1v) is 14.7. The summed E-state index contributed by atoms with van der Waals surface area (Å²) in [5.41, 5.74) is 6.40. The van der Waals surface area contributed by atoms with Crippen molar-refractivity contribution in [3.8, 4) is 0 Å². The third-order valence-corrected chi connectivity index (χ3v) is 7.20. The van der Waals surface area contributed by atoms with Crippen molar-refractivity contribution in [1.29, 1.82) is 0 Å². The quantitative estimate of drug-likeness (QED) is 0.0801. The van der Waals surface area contributed by atoms with Crippen LogP contribution in [0.5, 0.6) is 0 Å². The maximum absolute atomic E-state index is 11.2. The molecule has 210 valence electrons. The Morgan fingerprint density at radius 3 is 1.95 bits per heavy atom. The number of ether oxygens (including phenoxy) is 1. The molecule has 0 aliphatic heterocycles. The van der Waals surface area contributed by atoms with Gasteiger partial charge in [0.1, 0.15) is 18.1 Å². The van der Waals surface area contributed by atoms with Crippen LogP contribution in [0, 0.1) is 0 Å². The van der Waals surface area contributed by atoms with Crippen LogP contribution in [0.25, 0.3) is 16.9 Å². The topological polar surface area (TPSA) is 132 Å². The van der Waals surface area contributed by atoms with Crippen molar-refractivity contribution in [3.05, 3.63) is 126 Å². The Kier molecular flexibility index (Phi) is 8.39. The standard InChI is InChI=1S/C30H30N5O5P/c1-22(18-19-40-21-41(36,37)38)35-20-31-26-27(34-39-2)32-29(33-28(26)35)30(23-12-6-3-7-13-23,24-14-8-4-9-15-24)25-16-10-5-11-17-25/h3-17,20H,1,18-19,21H2,2H3,(H,32,33,34)(H2,36,37,38). The summed E-state index contributed by atoms with van der Waals surface area (Å²) in [5.74, 6) is 0.865. The highest BCUT2D eigenvalue weighted by molar-refractivity contribution is 7.51. The highest BCUT2D eigenvalue weighted by Crippen LogP contribution is 2.44. The van der Waals surface area contributed by atoms with Gasteiger partial charge in [0.05, 0.1) is 13.7 Å². The van der Waals surface area contributed by atoms with Gasteiger partial charge in [0.25, 0.3) is 0 Å². The van der Waals surface area contributed by atoms with Gasteiger partial charge < -0.3 is 14.5 Å². The fourth-order valence-electron chi connectivity index (χ4n) is 4.91. The molecule has 0 saturated carbocycles. The van der Waals surface area contributed by atoms with Crippen LogP contribution in [0.1, 0.15) is 28.9 Å². The van der Waals surface area contributed by atoms with Crippen LogP contribution >= 0.6 is 7.60 Å². The zero-order valence-electron chi connectivity index (χ0n) is 22.4. The van der Waals surface area contributed by atoms with E-state index in [1.54, 1.807) is 10.9 Å². The van der Waals surface area contributed by atoms with E-state index >= 15 is 0 Å². The lowest BCUT2D eigenvalue weighted by atomic mass is 9.68. The summed E-state index contributed by atoms with van der Waals surface area (Å²) in [5, 5.41) is 0. The molecule has 0 radical (unpaired) electrons. The van der Waals surface area contributed by atoms with Gasteiger partial charge in [-0.1, -0.05) is 97.6 Å². The Labute approximate surface area is 237 Å². The number of benzene rings is 3. The van der Waals surface area contributed by atoms with Crippen molar-refractivity contribution < 1.29 is 23.9 Å². The van der Waals surface area contributed by atoms with Gasteiger partial charge in [-0.25, -0.2) is 20.4 Å². The van der Waals surface area contributed by atoms with Crippen LogP contribution in [0.15, 0.2) is 104 Å². The van der Waals surface area contributed by atoms with Gasteiger partial charge in [-0.15, -0.1) is 0 Å². The first-order valence-electron chi connectivity index (χ1n) is 12.9. The number of rotatable bonds is 12. The summed E-state index contributed by atoms with van der Waals surface area (Å²) in [6.07, 6.45) is 1.22. The molecule has 0 unspecified atom stereocenters. The summed E-state index contributed by atoms with van der Waals surface area (Å²) in [4.78, 5) is 38.2. The van der Waals surface area contributed by atoms with Gasteiger partial charge in [0.15, 0.2) is 22.8 Å². The molecule has 2 aromatic heterocycles. The van der Waals surface area contributed by atoms with Crippen LogP contribution in [-0.4, -0.2) is 49.4 Å². The molecule has 10 nitrogen and oxygen atoms in total. The summed E-state index contributed by atoms with van der Waals surface area (Å²) in [6, 6.07) is 30.2. The molecule has 41 heavy (non-hydrogen) atoms. The van der Waals surface area contributed by atoms with Crippen molar-refractivity contribution in [2.75, 3.05) is 25.5 Å². The Bertz CT molecular complexity index is 1580. The van der Waals surface area contributed by atoms with Crippen LogP contribution in [-0.2, 0) is 19.6 Å². The highest BCUT2D eigenvalue weighted by atomic mass is 31.2. The Morgan fingerprint density at radius 2 is 1.46 bits per heavy atom. The Morgan fingerprint density at radius 1 is 0.927 bits per heavy atom. The summed E-state index contributed by atoms with van der Waals surface area (Å²) in [6.45, 7) is 4.22. The van der Waals surface area contributed by atoms with Gasteiger partial charge in [0, 0.05) is 12.1 Å². The number of imidazole rings is 1. The smallest absolute Gasteiger partial charge is 0.350 e. The monoisotopic (exact) mass is 571 g/mol. The molecule has 0 amide bonds. The minimum Gasteiger partial charge on any atom is -0.368 e. The maximum Gasteiger partial charge on any atom is 0.350 e. The molecule has 3 aromatic carbocycles. The first-order chi connectivity index (χ1) is 19.8. The average molecular weight is 572 g/mol. The van der Waals surface area contributed by atoms with E-state index in [4.69, 9.17) is 29.3 Å². The fraction of sp³-hybridized carbons (Fsp3) is 0.167. The van der Waals surface area contributed by atoms with Crippen molar-refractivity contribution in [2.24, 2.45) is 0 Å². The number of fused-ring (bicyclic) bond motifs is 1. The van der Waals surface area contributed by atoms with E-state index < -0.39 is 19.4 Å². The van der Waals surface area contributed by atoms with E-state index in [-0.39, 0.29) is 6.61 Å². The molecule has 0 saturated heterocycles. The van der Waals surface area contributed by atoms with Gasteiger partial charge in [-0.2, -0.15) is 0 Å². The summed E-state index contributed by atoms with van der Waals surface area (Å²) in [7, 11) is -2.77. The normalized spacial score (nSPS) is 12.0. The molecule has 0 bridgehead atoms. The Balaban J connectivity index is 1.73. The van der Waals surface area contributed by atoms with E-state index in [1.807, 2.05) is 54.6 Å². The molecule has 2 heterocycles. The number of aromatic nitrogens is 4. The first kappa shape index (κ1) is 28.4. The Hall–Kier alpha value is -4.18. The molecule has 3 N–H and O–H groups in total. The third kappa shape index (κ3) is 5.83. The van der Waals surface area contributed by atoms with Crippen LogP contribution in [0.2, 0.25) is 0 Å². The molecule has 11 heteroatoms. The number of anilines is 1. The number of nitrogens with one attached hydrogen (secondary N) is 1. The molecule has 0 aliphatic carbocycles. The minimum atomic E-state index is -4.27. The number of nitrogens with zero attached hydrogens (tertiary/aromatic N) is 4. The lowest BCUT2D eigenvalue weighted by molar-refractivity contribution is 0.162. The second-order valence-corrected chi connectivity index (χ2v) is 10.9. The number of hydrogen-bond donors (Lipinski definition) is 3. The molecule has 5 aromatic rings. The third-order valence-electron chi connectivity index (χ3n) is 6.69. The molecular formula is C30H30N5O5P. The molecular weight excluding hydrogens is 541 g/mol. The van der Waals surface area contributed by atoms with Crippen molar-refractivity contribution in [3.63, 3.8) is 0 Å². The lowest BCUT2D eigenvalue weighted by Gasteiger charge is -2.34. The van der Waals surface area contributed by atoms with Crippen LogP contribution in [0.3, 0.4) is 0 Å². The molecule has 0 spiro atoms. The van der Waals surface area contributed by atoms with Gasteiger partial charge in [0.2, 0.25) is 0 Å². The zero-order valence-corrected chi connectivity index (χ0v) is 23.3. The van der Waals surface area contributed by atoms with E-state index in [0.29, 0.717) is 34.9 Å². The predicted octanol–water partition coefficient (Wildman–Crippen LogP) is 5.19. The van der Waals surface area contributed by atoms with Gasteiger partial charge in [-0.3, -0.25) is 14.0 Å². The maximum atomic E-state index is 11.2. The van der Waals surface area contributed by atoms with E-state index in [1.165, 1.54) is 7.11 Å². The van der Waals surface area contributed by atoms with E-state index in [9.17, 15) is 4.57 Å². The molecule has 0 atom stereocenters. The largest absolute Gasteiger partial charge is 0.368 e. The van der Waals surface area contributed by atoms with Crippen molar-refractivity contribution in [2.45, 2.75) is 11.8 Å². The number of hydrogen-bond acceptors (Lipinski definition) is 7. The zero-order chi connectivity index (χ0) is 28.9. The minimum absolute atomic E-state index is 0.0622. The predicted molar refractivity (Wildman–Crippen MR) is 157 cm³/mol. The fourth-order valence-corrected chi connectivity index (χ4v) is 5.28. The van der Waals surface area contributed by atoms with Crippen molar-refractivity contribution >= 4 is 30.3 Å². The summed E-state index contributed by atoms with van der Waals surface area (Å²) < 4.78 is 18.1. The van der Waals surface area contributed by atoms with Crippen molar-refractivity contribution in [1.82, 2.24) is 19.5 Å². The van der Waals surface area contributed by atoms with Crippen LogP contribution < -0.4 is 5.48 Å². The SMILES string of the molecule is C=C(CCOCP(=O)(O)O)n1cnc2c(NOC)nc(C(c3ccccc3)(c3ccccc3)c3ccccc3)nc21. The highest BCUT2D eigenvalue weighted by Gasteiger charge is 2.42.